The van der Waals surface area contributed by atoms with Crippen molar-refractivity contribution in [2.75, 3.05) is 16.9 Å². The number of nitrogens with one attached hydrogen (secondary N) is 1. The Hall–Kier alpha value is -1.36. The van der Waals surface area contributed by atoms with Crippen molar-refractivity contribution in [3.05, 3.63) is 12.4 Å². The summed E-state index contributed by atoms with van der Waals surface area (Å²) in [5.74, 6) is 6.94. The summed E-state index contributed by atoms with van der Waals surface area (Å²) in [6.07, 6.45) is 9.74. The first kappa shape index (κ1) is 12.1. The Morgan fingerprint density at radius 2 is 2.29 bits per heavy atom. The van der Waals surface area contributed by atoms with Crippen LogP contribution < -0.4 is 16.2 Å². The number of hydrazine groups is 1. The number of rotatable bonds is 3. The van der Waals surface area contributed by atoms with Crippen molar-refractivity contribution in [2.24, 2.45) is 5.84 Å². The molecule has 1 saturated heterocycles. The van der Waals surface area contributed by atoms with Crippen molar-refractivity contribution in [3.8, 4) is 0 Å². The first-order chi connectivity index (χ1) is 8.35. The molecule has 1 aliphatic rings. The summed E-state index contributed by atoms with van der Waals surface area (Å²) in [5, 5.41) is 0. The number of aromatic nitrogens is 2. The molecule has 2 rings (SSSR count). The largest absolute Gasteiger partial charge is 0.352 e. The lowest BCUT2D eigenvalue weighted by Gasteiger charge is -2.30. The maximum Gasteiger partial charge on any atom is 0.160 e. The van der Waals surface area contributed by atoms with Crippen LogP contribution in [0.2, 0.25) is 0 Å². The van der Waals surface area contributed by atoms with Crippen LogP contribution in [0.5, 0.6) is 0 Å². The second-order valence-corrected chi connectivity index (χ2v) is 4.51. The Kier molecular flexibility index (Phi) is 4.14. The molecule has 0 aliphatic carbocycles. The van der Waals surface area contributed by atoms with E-state index in [4.69, 9.17) is 5.84 Å². The number of nitrogens with two attached hydrogens (primary N) is 1. The van der Waals surface area contributed by atoms with Crippen molar-refractivity contribution in [1.29, 1.82) is 0 Å². The summed E-state index contributed by atoms with van der Waals surface area (Å²) in [4.78, 5) is 11.0. The molecule has 1 aromatic heterocycles. The standard InChI is InChI=1S/C12H21N5/c1-2-10-6-4-3-5-7-17(10)12-9-14-8-11(15-12)16-13/h8-10H,2-7,13H2,1H3,(H,15,16). The normalized spacial score (nSPS) is 21.1. The van der Waals surface area contributed by atoms with Crippen LogP contribution in [0.1, 0.15) is 39.0 Å². The Bertz CT molecular complexity index is 355. The van der Waals surface area contributed by atoms with Gasteiger partial charge >= 0.3 is 0 Å². The summed E-state index contributed by atoms with van der Waals surface area (Å²) in [6.45, 7) is 3.31. The monoisotopic (exact) mass is 235 g/mol. The van der Waals surface area contributed by atoms with Gasteiger partial charge in [-0.05, 0) is 19.3 Å². The summed E-state index contributed by atoms with van der Waals surface area (Å²) in [7, 11) is 0. The van der Waals surface area contributed by atoms with Gasteiger partial charge in [0.05, 0.1) is 12.4 Å². The highest BCUT2D eigenvalue weighted by molar-refractivity contribution is 5.44. The van der Waals surface area contributed by atoms with Gasteiger partial charge in [0.25, 0.3) is 0 Å². The van der Waals surface area contributed by atoms with Crippen molar-refractivity contribution >= 4 is 11.6 Å². The van der Waals surface area contributed by atoms with E-state index in [0.29, 0.717) is 11.9 Å². The van der Waals surface area contributed by atoms with Gasteiger partial charge in [-0.2, -0.15) is 0 Å². The van der Waals surface area contributed by atoms with E-state index in [1.54, 1.807) is 6.20 Å². The molecule has 0 spiro atoms. The van der Waals surface area contributed by atoms with Gasteiger partial charge in [0.1, 0.15) is 5.82 Å². The number of nitrogens with zero attached hydrogens (tertiary/aromatic N) is 3. The van der Waals surface area contributed by atoms with Crippen LogP contribution in [-0.4, -0.2) is 22.6 Å². The third-order valence-corrected chi connectivity index (χ3v) is 3.41. The molecule has 5 heteroatoms. The highest BCUT2D eigenvalue weighted by Crippen LogP contribution is 2.24. The summed E-state index contributed by atoms with van der Waals surface area (Å²) in [5.41, 5.74) is 2.55. The van der Waals surface area contributed by atoms with Gasteiger partial charge in [0.2, 0.25) is 0 Å². The predicted molar refractivity (Wildman–Crippen MR) is 69.7 cm³/mol. The van der Waals surface area contributed by atoms with Crippen LogP contribution in [-0.2, 0) is 0 Å². The number of nitrogen functional groups attached to an aromatic ring is 1. The van der Waals surface area contributed by atoms with Crippen LogP contribution in [0.15, 0.2) is 12.4 Å². The average Bonchev–Trinajstić information content (AvgIpc) is 2.63. The molecule has 1 fully saturated rings. The third kappa shape index (κ3) is 2.85. The van der Waals surface area contributed by atoms with E-state index in [-0.39, 0.29) is 0 Å². The zero-order valence-electron chi connectivity index (χ0n) is 10.4. The van der Waals surface area contributed by atoms with Crippen LogP contribution in [0.25, 0.3) is 0 Å². The van der Waals surface area contributed by atoms with E-state index < -0.39 is 0 Å². The SMILES string of the molecule is CCC1CCCCCN1c1cncc(NN)n1. The first-order valence-electron chi connectivity index (χ1n) is 6.40. The Balaban J connectivity index is 2.21. The topological polar surface area (TPSA) is 67.1 Å². The summed E-state index contributed by atoms with van der Waals surface area (Å²) in [6, 6.07) is 0.583. The molecule has 17 heavy (non-hydrogen) atoms. The number of hydrogen-bond donors (Lipinski definition) is 2. The van der Waals surface area contributed by atoms with E-state index in [2.05, 4.69) is 27.2 Å². The molecule has 94 valence electrons. The fourth-order valence-electron chi connectivity index (χ4n) is 2.47. The zero-order valence-corrected chi connectivity index (χ0v) is 10.4. The van der Waals surface area contributed by atoms with E-state index in [0.717, 1.165) is 18.8 Å². The molecule has 2 heterocycles. The summed E-state index contributed by atoms with van der Waals surface area (Å²) >= 11 is 0. The maximum absolute atomic E-state index is 5.38. The lowest BCUT2D eigenvalue weighted by Crippen LogP contribution is -2.35. The van der Waals surface area contributed by atoms with Gasteiger partial charge in [0.15, 0.2) is 5.82 Å². The minimum absolute atomic E-state index is 0.583. The first-order valence-corrected chi connectivity index (χ1v) is 6.40. The maximum atomic E-state index is 5.38. The van der Waals surface area contributed by atoms with Crippen LogP contribution in [0.3, 0.4) is 0 Å². The van der Waals surface area contributed by atoms with Gasteiger partial charge in [0, 0.05) is 12.6 Å². The minimum atomic E-state index is 0.583. The molecule has 1 unspecified atom stereocenters. The lowest BCUT2D eigenvalue weighted by molar-refractivity contribution is 0.552. The van der Waals surface area contributed by atoms with Crippen molar-refractivity contribution in [1.82, 2.24) is 9.97 Å². The summed E-state index contributed by atoms with van der Waals surface area (Å²) < 4.78 is 0. The molecule has 1 aromatic rings. The molecule has 3 N–H and O–H groups in total. The van der Waals surface area contributed by atoms with Crippen LogP contribution in [0.4, 0.5) is 11.6 Å². The van der Waals surface area contributed by atoms with Crippen molar-refractivity contribution in [2.45, 2.75) is 45.1 Å². The van der Waals surface area contributed by atoms with Gasteiger partial charge in [-0.25, -0.2) is 10.8 Å². The molecule has 0 aromatic carbocycles. The second-order valence-electron chi connectivity index (χ2n) is 4.51. The number of hydrogen-bond acceptors (Lipinski definition) is 5. The molecule has 0 bridgehead atoms. The van der Waals surface area contributed by atoms with E-state index >= 15 is 0 Å². The minimum Gasteiger partial charge on any atom is -0.352 e. The molecule has 1 atom stereocenters. The zero-order chi connectivity index (χ0) is 12.1. The Labute approximate surface area is 102 Å². The molecule has 0 saturated carbocycles. The molecule has 5 nitrogen and oxygen atoms in total. The fraction of sp³-hybridized carbons (Fsp3) is 0.667. The van der Waals surface area contributed by atoms with Gasteiger partial charge in [-0.15, -0.1) is 0 Å². The van der Waals surface area contributed by atoms with Crippen molar-refractivity contribution in [3.63, 3.8) is 0 Å². The lowest BCUT2D eigenvalue weighted by atomic mass is 10.1. The second kappa shape index (κ2) is 5.82. The molecule has 0 amide bonds. The van der Waals surface area contributed by atoms with Crippen LogP contribution in [0, 0.1) is 0 Å². The molecule has 0 radical (unpaired) electrons. The van der Waals surface area contributed by atoms with E-state index in [1.807, 2.05) is 6.20 Å². The van der Waals surface area contributed by atoms with Crippen LogP contribution >= 0.6 is 0 Å². The van der Waals surface area contributed by atoms with E-state index in [1.165, 1.54) is 25.7 Å². The fourth-order valence-corrected chi connectivity index (χ4v) is 2.47. The van der Waals surface area contributed by atoms with Gasteiger partial charge in [-0.3, -0.25) is 4.98 Å². The smallest absolute Gasteiger partial charge is 0.160 e. The molecule has 1 aliphatic heterocycles. The average molecular weight is 235 g/mol. The highest BCUT2D eigenvalue weighted by Gasteiger charge is 2.20. The molecular formula is C12H21N5. The number of anilines is 2. The molecular weight excluding hydrogens is 214 g/mol. The highest BCUT2D eigenvalue weighted by atomic mass is 15.3. The van der Waals surface area contributed by atoms with Gasteiger partial charge < -0.3 is 10.3 Å². The Morgan fingerprint density at radius 3 is 3.06 bits per heavy atom. The quantitative estimate of drug-likeness (QED) is 0.619. The predicted octanol–water partition coefficient (Wildman–Crippen LogP) is 1.92. The van der Waals surface area contributed by atoms with Crippen molar-refractivity contribution < 1.29 is 0 Å². The Morgan fingerprint density at radius 1 is 1.41 bits per heavy atom. The van der Waals surface area contributed by atoms with Gasteiger partial charge in [-0.1, -0.05) is 19.8 Å². The third-order valence-electron chi connectivity index (χ3n) is 3.41. The van der Waals surface area contributed by atoms with E-state index in [9.17, 15) is 0 Å².